The molecule has 1 saturated heterocycles. The fourth-order valence-electron chi connectivity index (χ4n) is 16.5. The molecule has 0 spiro atoms. The third-order valence-corrected chi connectivity index (χ3v) is 22.9. The smallest absolute Gasteiger partial charge is 0.410 e. The van der Waals surface area contributed by atoms with E-state index in [1.807, 2.05) is 46.8 Å². The van der Waals surface area contributed by atoms with Gasteiger partial charge in [0.1, 0.15) is 48.1 Å². The molecule has 7 N–H and O–H groups in total. The highest BCUT2D eigenvalue weighted by molar-refractivity contribution is 7.85. The fraction of sp³-hybridized carbons (Fsp3) is 0.526. The van der Waals surface area contributed by atoms with Crippen LogP contribution in [0.5, 0.6) is 17.2 Å². The van der Waals surface area contributed by atoms with Gasteiger partial charge in [-0.05, 0) is 136 Å². The van der Waals surface area contributed by atoms with Crippen LogP contribution in [0.2, 0.25) is 0 Å². The van der Waals surface area contributed by atoms with Crippen molar-refractivity contribution in [1.82, 2.24) is 40.2 Å². The number of nitrogens with one attached hydrogen (secondary N) is 3. The first-order valence-electron chi connectivity index (χ1n) is 37.6. The Morgan fingerprint density at radius 3 is 2.39 bits per heavy atom. The number of aromatic nitrogens is 4. The Morgan fingerprint density at radius 2 is 1.65 bits per heavy atom. The van der Waals surface area contributed by atoms with Crippen molar-refractivity contribution in [3.05, 3.63) is 119 Å². The molecule has 3 fully saturated rings. The van der Waals surface area contributed by atoms with E-state index in [1.54, 1.807) is 43.6 Å². The number of imide groups is 1. The largest absolute Gasteiger partial charge is 0.496 e. The lowest BCUT2D eigenvalue weighted by atomic mass is 9.50. The molecule has 4 unspecified atom stereocenters. The molecule has 5 aliphatic rings. The SMILES string of the molecule is CCC1(Cn2ncc(-c3ccc(N4CCc5c(OC)ccc(C(=O)Nc6nc7ccccc7s6)c5C4)nc3C(=O)O)c2C)CC2(C)CC(C)CC(OCCN(CCOC)C(=O)OCc3ccc(OCCOCCNC(=O)[C@H](CS(=O)(=O)O)NC(=O)CCCCCN4C(=O)C=CC4=O)cc3O[C@H]3C[C@@H](O)C[C@@H](C(=O)O)O3)(C2)C1. The number of carboxylic acids is 2. The van der Waals surface area contributed by atoms with Crippen LogP contribution in [-0.4, -0.2) is 221 Å². The Labute approximate surface area is 652 Å². The molecule has 3 aromatic heterocycles. The lowest BCUT2D eigenvalue weighted by Crippen LogP contribution is -2.56. The third-order valence-electron chi connectivity index (χ3n) is 21.2. The maximum Gasteiger partial charge on any atom is 0.410 e. The second kappa shape index (κ2) is 36.9. The number of aliphatic carboxylic acids is 1. The number of carboxylic acid groups (broad SMARTS) is 2. The maximum atomic E-state index is 14.3. The minimum atomic E-state index is -4.71. The number of hydrogen-bond acceptors (Lipinski definition) is 24. The number of thiazole rings is 1. The van der Waals surface area contributed by atoms with E-state index in [0.29, 0.717) is 90.1 Å². The number of para-hydroxylation sites is 1. The van der Waals surface area contributed by atoms with Crippen LogP contribution in [0, 0.1) is 23.7 Å². The van der Waals surface area contributed by atoms with Crippen molar-refractivity contribution in [3.8, 4) is 28.4 Å². The van der Waals surface area contributed by atoms with E-state index in [0.717, 1.165) is 64.0 Å². The Bertz CT molecular complexity index is 4540. The number of carbonyl (C=O) groups is 8. The van der Waals surface area contributed by atoms with Gasteiger partial charge >= 0.3 is 18.0 Å². The Morgan fingerprint density at radius 1 is 0.866 bits per heavy atom. The van der Waals surface area contributed by atoms with E-state index in [2.05, 4.69) is 41.7 Å². The summed E-state index contributed by atoms with van der Waals surface area (Å²) < 4.78 is 83.9. The van der Waals surface area contributed by atoms with Gasteiger partial charge in [-0.2, -0.15) is 13.5 Å². The van der Waals surface area contributed by atoms with E-state index < -0.39 is 87.7 Å². The van der Waals surface area contributed by atoms with Crippen molar-refractivity contribution in [1.29, 1.82) is 0 Å². The molecule has 2 bridgehead atoms. The molecule has 8 atom stereocenters. The van der Waals surface area contributed by atoms with E-state index in [9.17, 15) is 66.6 Å². The summed E-state index contributed by atoms with van der Waals surface area (Å²) in [5.41, 5.74) is 3.89. The van der Waals surface area contributed by atoms with Crippen LogP contribution in [0.4, 0.5) is 15.7 Å². The molecular formula is C78H98N10O22S2. The molecule has 2 saturated carbocycles. The highest BCUT2D eigenvalue weighted by Gasteiger charge is 2.57. The second-order valence-corrected chi connectivity index (χ2v) is 32.4. The Hall–Kier alpha value is -9.68. The number of fused-ring (bicyclic) bond motifs is 4. The van der Waals surface area contributed by atoms with Crippen molar-refractivity contribution in [2.75, 3.05) is 95.9 Å². The van der Waals surface area contributed by atoms with Gasteiger partial charge in [-0.3, -0.25) is 43.4 Å². The van der Waals surface area contributed by atoms with Gasteiger partial charge in [-0.15, -0.1) is 0 Å². The summed E-state index contributed by atoms with van der Waals surface area (Å²) in [5.74, 6) is -4.55. The summed E-state index contributed by atoms with van der Waals surface area (Å²) in [6.07, 6.45) is 5.96. The summed E-state index contributed by atoms with van der Waals surface area (Å²) in [5, 5.41) is 44.6. The van der Waals surface area contributed by atoms with E-state index in [4.69, 9.17) is 48.0 Å². The first-order chi connectivity index (χ1) is 53.5. The number of nitrogens with zero attached hydrogens (tertiary/aromatic N) is 7. The van der Waals surface area contributed by atoms with Crippen molar-refractivity contribution in [2.24, 2.45) is 16.7 Å². The fourth-order valence-corrected chi connectivity index (χ4v) is 18.0. The molecule has 32 nitrogen and oxygen atoms in total. The van der Waals surface area contributed by atoms with Gasteiger partial charge in [-0.1, -0.05) is 50.7 Å². The van der Waals surface area contributed by atoms with E-state index in [1.165, 1.54) is 41.6 Å². The monoisotopic (exact) mass is 1590 g/mol. The van der Waals surface area contributed by atoms with Gasteiger partial charge in [0.25, 0.3) is 27.8 Å². The Balaban J connectivity index is 0.702. The van der Waals surface area contributed by atoms with Crippen molar-refractivity contribution >= 4 is 90.2 Å². The highest BCUT2D eigenvalue weighted by atomic mass is 32.2. The summed E-state index contributed by atoms with van der Waals surface area (Å²) >= 11 is 1.38. The lowest BCUT2D eigenvalue weighted by Gasteiger charge is -2.59. The van der Waals surface area contributed by atoms with Crippen molar-refractivity contribution < 1.29 is 105 Å². The van der Waals surface area contributed by atoms with Crippen LogP contribution < -0.4 is 35.1 Å². The molecule has 2 aliphatic carbocycles. The number of rotatable bonds is 38. The summed E-state index contributed by atoms with van der Waals surface area (Å²) in [7, 11) is -1.59. The zero-order chi connectivity index (χ0) is 80.1. The molecule has 112 heavy (non-hydrogen) atoms. The number of aliphatic hydroxyl groups excluding tert-OH is 1. The topological polar surface area (TPSA) is 415 Å². The molecule has 34 heteroatoms. The molecule has 0 radical (unpaired) electrons. The van der Waals surface area contributed by atoms with E-state index >= 15 is 0 Å². The van der Waals surface area contributed by atoms with Crippen LogP contribution in [0.1, 0.15) is 141 Å². The normalized spacial score (nSPS) is 21.8. The summed E-state index contributed by atoms with van der Waals surface area (Å²) in [6, 6.07) is 17.8. The number of hydrogen-bond donors (Lipinski definition) is 7. The molecule has 3 aliphatic heterocycles. The number of unbranched alkanes of at least 4 members (excludes halogenated alkanes) is 2. The molecule has 11 rings (SSSR count). The Kier molecular flexibility index (Phi) is 27.4. The number of methoxy groups -OCH3 is 2. The van der Waals surface area contributed by atoms with Crippen LogP contribution in [0.3, 0.4) is 0 Å². The zero-order valence-corrected chi connectivity index (χ0v) is 65.3. The molecular weight excluding hydrogens is 1490 g/mol. The van der Waals surface area contributed by atoms with Crippen molar-refractivity contribution in [2.45, 2.75) is 161 Å². The van der Waals surface area contributed by atoms with Gasteiger partial charge in [0.2, 0.25) is 18.1 Å². The number of aromatic carboxylic acids is 1. The molecule has 6 aromatic rings. The standard InChI is InChI=1S/C78H98N10O22S2/c1-7-77(47-88-49(3)56(40-80-88)54-19-21-64(83-69(54)73(97)98)86-27-24-53-57(41-86)55(18-20-60(53)104-6)70(93)84-74-82-58-13-10-11-14-63(58)111-74)44-76(4)38-48(2)39-78(45-76,46-77)108-32-29-85(28-31-103-5)75(99)107-42-50-16-17-52(37-61(50)109-68-36-51(89)35-62(110-68)72(95)96)106-34-33-105-30-25-79-71(94)59(43-112(100,101)102)81-65(90)15-9-8-12-26-87-66(91)22-23-67(87)92/h10-11,13-14,16-23,37,40,48,51,59,62,68,89H,7-9,12,15,24-36,38-39,41-47H2,1-6H3,(H,79,94)(H,81,90)(H,95,96)(H,97,98)(H,82,84,93)(H,100,101,102)/t48?,51-,59-,62-,68+,76?,77?,78?/m0/s1. The van der Waals surface area contributed by atoms with Gasteiger partial charge in [0.05, 0.1) is 61.7 Å². The average molecular weight is 1590 g/mol. The van der Waals surface area contributed by atoms with Gasteiger partial charge < -0.3 is 73.6 Å². The number of carbonyl (C=O) groups excluding carboxylic acids is 6. The number of benzene rings is 3. The van der Waals surface area contributed by atoms with Crippen LogP contribution >= 0.6 is 11.3 Å². The number of anilines is 2. The predicted octanol–water partition coefficient (Wildman–Crippen LogP) is 8.14. The van der Waals surface area contributed by atoms with Gasteiger partial charge in [0.15, 0.2) is 16.9 Å². The minimum Gasteiger partial charge on any atom is -0.496 e. The molecule has 604 valence electrons. The molecule has 6 heterocycles. The average Bonchev–Trinajstić information content (AvgIpc) is 1.21. The number of pyridine rings is 1. The van der Waals surface area contributed by atoms with Gasteiger partial charge in [0, 0.05) is 124 Å². The van der Waals surface area contributed by atoms with E-state index in [-0.39, 0.29) is 126 Å². The summed E-state index contributed by atoms with van der Waals surface area (Å²) in [4.78, 5) is 117. The van der Waals surface area contributed by atoms with Crippen LogP contribution in [0.25, 0.3) is 21.3 Å². The van der Waals surface area contributed by atoms with Crippen LogP contribution in [-0.2, 0) is 83.9 Å². The molecule has 6 amide bonds. The first-order valence-corrected chi connectivity index (χ1v) is 40.0. The second-order valence-electron chi connectivity index (χ2n) is 29.8. The number of amides is 6. The molecule has 3 aromatic carbocycles. The number of ether oxygens (including phenoxy) is 8. The lowest BCUT2D eigenvalue weighted by molar-refractivity contribution is -0.195. The predicted molar refractivity (Wildman–Crippen MR) is 408 cm³/mol. The highest BCUT2D eigenvalue weighted by Crippen LogP contribution is 2.61. The third kappa shape index (κ3) is 21.1. The maximum absolute atomic E-state index is 14.3. The first kappa shape index (κ1) is 83.3. The quantitative estimate of drug-likeness (QED) is 0.0109. The minimum absolute atomic E-state index is 0.0265. The summed E-state index contributed by atoms with van der Waals surface area (Å²) in [6.45, 7) is 10.2. The number of aliphatic hydroxyl groups is 1. The zero-order valence-electron chi connectivity index (χ0n) is 63.6. The van der Waals surface area contributed by atoms with Crippen molar-refractivity contribution in [3.63, 3.8) is 0 Å². The van der Waals surface area contributed by atoms with Crippen LogP contribution in [0.15, 0.2) is 85.1 Å². The van der Waals surface area contributed by atoms with Gasteiger partial charge in [-0.25, -0.2) is 24.4 Å².